The van der Waals surface area contributed by atoms with Crippen LogP contribution in [0.5, 0.6) is 5.75 Å². The van der Waals surface area contributed by atoms with Crippen LogP contribution >= 0.6 is 0 Å². The minimum absolute atomic E-state index is 0.257. The second kappa shape index (κ2) is 7.35. The highest BCUT2D eigenvalue weighted by atomic mass is 16.5. The van der Waals surface area contributed by atoms with Crippen molar-refractivity contribution in [2.75, 3.05) is 14.2 Å². The van der Waals surface area contributed by atoms with Crippen molar-refractivity contribution in [3.63, 3.8) is 0 Å². The zero-order chi connectivity index (χ0) is 16.8. The first kappa shape index (κ1) is 16.4. The maximum absolute atomic E-state index is 12.3. The van der Waals surface area contributed by atoms with Gasteiger partial charge in [0.25, 0.3) is 11.8 Å². The SMILES string of the molecule is CNC(=O)c1ccc(C(=O)N[C@H](C)c2ccncc2OC)cn1. The Bertz CT molecular complexity index is 701. The summed E-state index contributed by atoms with van der Waals surface area (Å²) in [6, 6.07) is 4.59. The van der Waals surface area contributed by atoms with Crippen molar-refractivity contribution in [3.8, 4) is 5.75 Å². The number of nitrogens with zero attached hydrogens (tertiary/aromatic N) is 2. The molecule has 2 amide bonds. The second-order valence-electron chi connectivity index (χ2n) is 4.82. The molecule has 0 radical (unpaired) electrons. The number of methoxy groups -OCH3 is 1. The van der Waals surface area contributed by atoms with E-state index in [0.29, 0.717) is 11.3 Å². The van der Waals surface area contributed by atoms with Gasteiger partial charge in [0, 0.05) is 25.0 Å². The third-order valence-corrected chi connectivity index (χ3v) is 3.34. The third kappa shape index (κ3) is 3.82. The molecular formula is C16H18N4O3. The van der Waals surface area contributed by atoms with E-state index in [1.807, 2.05) is 6.92 Å². The van der Waals surface area contributed by atoms with Gasteiger partial charge in [0.2, 0.25) is 0 Å². The van der Waals surface area contributed by atoms with Gasteiger partial charge in [-0.25, -0.2) is 0 Å². The number of nitrogens with one attached hydrogen (secondary N) is 2. The van der Waals surface area contributed by atoms with Crippen molar-refractivity contribution in [1.82, 2.24) is 20.6 Å². The number of carbonyl (C=O) groups excluding carboxylic acids is 2. The summed E-state index contributed by atoms with van der Waals surface area (Å²) < 4.78 is 5.24. The molecule has 7 nitrogen and oxygen atoms in total. The number of hydrogen-bond donors (Lipinski definition) is 2. The van der Waals surface area contributed by atoms with Crippen molar-refractivity contribution in [2.45, 2.75) is 13.0 Å². The molecule has 0 aliphatic carbocycles. The van der Waals surface area contributed by atoms with E-state index in [0.717, 1.165) is 5.56 Å². The lowest BCUT2D eigenvalue weighted by molar-refractivity contribution is 0.0932. The fourth-order valence-corrected chi connectivity index (χ4v) is 2.07. The molecule has 120 valence electrons. The van der Waals surface area contributed by atoms with Gasteiger partial charge in [-0.05, 0) is 25.1 Å². The Hall–Kier alpha value is -2.96. The van der Waals surface area contributed by atoms with Gasteiger partial charge in [0.15, 0.2) is 0 Å². The standard InChI is InChI=1S/C16H18N4O3/c1-10(12-6-7-18-9-14(12)23-3)20-15(21)11-4-5-13(19-8-11)16(22)17-2/h4-10H,1-3H3,(H,17,22)(H,20,21)/t10-/m1/s1. The van der Waals surface area contributed by atoms with Crippen LogP contribution in [-0.4, -0.2) is 35.9 Å². The lowest BCUT2D eigenvalue weighted by Crippen LogP contribution is -2.27. The predicted molar refractivity (Wildman–Crippen MR) is 84.3 cm³/mol. The monoisotopic (exact) mass is 314 g/mol. The molecule has 0 unspecified atom stereocenters. The van der Waals surface area contributed by atoms with E-state index < -0.39 is 0 Å². The molecule has 0 spiro atoms. The Morgan fingerprint density at radius 1 is 1.17 bits per heavy atom. The van der Waals surface area contributed by atoms with Gasteiger partial charge >= 0.3 is 0 Å². The molecule has 2 rings (SSSR count). The van der Waals surface area contributed by atoms with Crippen LogP contribution in [0.15, 0.2) is 36.8 Å². The second-order valence-corrected chi connectivity index (χ2v) is 4.82. The van der Waals surface area contributed by atoms with Gasteiger partial charge in [0.1, 0.15) is 11.4 Å². The average Bonchev–Trinajstić information content (AvgIpc) is 2.60. The molecule has 0 saturated carbocycles. The fourth-order valence-electron chi connectivity index (χ4n) is 2.07. The zero-order valence-corrected chi connectivity index (χ0v) is 13.2. The summed E-state index contributed by atoms with van der Waals surface area (Å²) in [5.74, 6) is 0.0209. The van der Waals surface area contributed by atoms with Gasteiger partial charge in [0.05, 0.1) is 24.9 Å². The number of rotatable bonds is 5. The number of pyridine rings is 2. The van der Waals surface area contributed by atoms with E-state index in [9.17, 15) is 9.59 Å². The molecule has 2 aromatic heterocycles. The highest BCUT2D eigenvalue weighted by Gasteiger charge is 2.16. The molecule has 1 atom stereocenters. The summed E-state index contributed by atoms with van der Waals surface area (Å²) in [6.45, 7) is 1.85. The quantitative estimate of drug-likeness (QED) is 0.868. The van der Waals surface area contributed by atoms with Crippen molar-refractivity contribution in [3.05, 3.63) is 53.6 Å². The van der Waals surface area contributed by atoms with Crippen LogP contribution in [0.2, 0.25) is 0 Å². The number of aromatic nitrogens is 2. The highest BCUT2D eigenvalue weighted by molar-refractivity contribution is 5.96. The average molecular weight is 314 g/mol. The topological polar surface area (TPSA) is 93.2 Å². The number of ether oxygens (including phenoxy) is 1. The molecule has 2 aromatic rings. The summed E-state index contributed by atoms with van der Waals surface area (Å²) in [6.07, 6.45) is 4.61. The van der Waals surface area contributed by atoms with Gasteiger partial charge in [-0.15, -0.1) is 0 Å². The van der Waals surface area contributed by atoms with Gasteiger partial charge < -0.3 is 15.4 Å². The third-order valence-electron chi connectivity index (χ3n) is 3.34. The molecule has 7 heteroatoms. The number of hydrogen-bond acceptors (Lipinski definition) is 5. The molecule has 0 aliphatic rings. The Morgan fingerprint density at radius 2 is 1.96 bits per heavy atom. The van der Waals surface area contributed by atoms with Crippen molar-refractivity contribution in [2.24, 2.45) is 0 Å². The summed E-state index contributed by atoms with van der Waals surface area (Å²) in [5, 5.41) is 5.34. The van der Waals surface area contributed by atoms with Crippen molar-refractivity contribution in [1.29, 1.82) is 0 Å². The van der Waals surface area contributed by atoms with E-state index in [4.69, 9.17) is 4.74 Å². The van der Waals surface area contributed by atoms with Gasteiger partial charge in [-0.2, -0.15) is 0 Å². The molecule has 2 heterocycles. The largest absolute Gasteiger partial charge is 0.495 e. The van der Waals surface area contributed by atoms with E-state index in [-0.39, 0.29) is 23.6 Å². The first-order chi connectivity index (χ1) is 11.1. The molecular weight excluding hydrogens is 296 g/mol. The summed E-state index contributed by atoms with van der Waals surface area (Å²) in [7, 11) is 3.07. The minimum atomic E-state index is -0.299. The molecule has 0 aromatic carbocycles. The summed E-state index contributed by atoms with van der Waals surface area (Å²) in [4.78, 5) is 31.7. The van der Waals surface area contributed by atoms with Gasteiger partial charge in [-0.1, -0.05) is 0 Å². The van der Waals surface area contributed by atoms with Gasteiger partial charge in [-0.3, -0.25) is 19.6 Å². The normalized spacial score (nSPS) is 11.4. The van der Waals surface area contributed by atoms with Crippen molar-refractivity contribution < 1.29 is 14.3 Å². The Labute approximate surface area is 134 Å². The Balaban J connectivity index is 2.10. The van der Waals surface area contributed by atoms with E-state index in [1.54, 1.807) is 31.6 Å². The minimum Gasteiger partial charge on any atom is -0.495 e. The predicted octanol–water partition coefficient (Wildman–Crippen LogP) is 1.34. The van der Waals surface area contributed by atoms with Crippen LogP contribution < -0.4 is 15.4 Å². The molecule has 0 saturated heterocycles. The van der Waals surface area contributed by atoms with Crippen LogP contribution in [0, 0.1) is 0 Å². The fraction of sp³-hybridized carbons (Fsp3) is 0.250. The Morgan fingerprint density at radius 3 is 2.57 bits per heavy atom. The zero-order valence-electron chi connectivity index (χ0n) is 13.2. The van der Waals surface area contributed by atoms with Crippen LogP contribution in [-0.2, 0) is 0 Å². The molecule has 0 fully saturated rings. The highest BCUT2D eigenvalue weighted by Crippen LogP contribution is 2.23. The van der Waals surface area contributed by atoms with Crippen LogP contribution in [0.1, 0.15) is 39.4 Å². The lowest BCUT2D eigenvalue weighted by atomic mass is 10.1. The molecule has 0 aliphatic heterocycles. The first-order valence-electron chi connectivity index (χ1n) is 7.03. The van der Waals surface area contributed by atoms with E-state index in [1.165, 1.54) is 19.3 Å². The van der Waals surface area contributed by atoms with Crippen LogP contribution in [0.4, 0.5) is 0 Å². The maximum atomic E-state index is 12.3. The molecule has 0 bridgehead atoms. The summed E-state index contributed by atoms with van der Waals surface area (Å²) in [5.41, 5.74) is 1.45. The summed E-state index contributed by atoms with van der Waals surface area (Å²) >= 11 is 0. The lowest BCUT2D eigenvalue weighted by Gasteiger charge is -2.16. The van der Waals surface area contributed by atoms with E-state index >= 15 is 0 Å². The number of amides is 2. The Kier molecular flexibility index (Phi) is 5.24. The molecule has 2 N–H and O–H groups in total. The van der Waals surface area contributed by atoms with Crippen molar-refractivity contribution >= 4 is 11.8 Å². The van der Waals surface area contributed by atoms with Crippen LogP contribution in [0.3, 0.4) is 0 Å². The first-order valence-corrected chi connectivity index (χ1v) is 7.03. The molecule has 23 heavy (non-hydrogen) atoms. The smallest absolute Gasteiger partial charge is 0.269 e. The van der Waals surface area contributed by atoms with E-state index in [2.05, 4.69) is 20.6 Å². The number of carbonyl (C=O) groups is 2. The van der Waals surface area contributed by atoms with Crippen LogP contribution in [0.25, 0.3) is 0 Å². The maximum Gasteiger partial charge on any atom is 0.269 e.